The molecule has 0 fully saturated rings. The van der Waals surface area contributed by atoms with Gasteiger partial charge in [-0.2, -0.15) is 0 Å². The first-order chi connectivity index (χ1) is 8.15. The lowest BCUT2D eigenvalue weighted by molar-refractivity contribution is 0.200. The quantitative estimate of drug-likeness (QED) is 0.780. The molecule has 0 amide bonds. The Hall–Kier alpha value is -0.650. The van der Waals surface area contributed by atoms with Crippen LogP contribution in [-0.4, -0.2) is 45.4 Å². The Kier molecular flexibility index (Phi) is 6.47. The third-order valence-electron chi connectivity index (χ3n) is 2.53. The molecule has 0 saturated heterocycles. The van der Waals surface area contributed by atoms with Gasteiger partial charge in [-0.1, -0.05) is 0 Å². The molecule has 0 aliphatic carbocycles. The van der Waals surface area contributed by atoms with Crippen LogP contribution in [0.3, 0.4) is 0 Å². The van der Waals surface area contributed by atoms with Crippen molar-refractivity contribution in [3.8, 4) is 0 Å². The van der Waals surface area contributed by atoms with Gasteiger partial charge in [0.05, 0.1) is 6.61 Å². The summed E-state index contributed by atoms with van der Waals surface area (Å²) in [5, 5.41) is 3.31. The van der Waals surface area contributed by atoms with Crippen molar-refractivity contribution in [3.63, 3.8) is 0 Å². The number of ether oxygens (including phenoxy) is 1. The lowest BCUT2D eigenvalue weighted by atomic mass is 10.3. The number of nitrogens with one attached hydrogen (secondary N) is 1. The molecule has 0 unspecified atom stereocenters. The van der Waals surface area contributed by atoms with Gasteiger partial charge in [0.1, 0.15) is 5.82 Å². The number of rotatable bonds is 7. The fourth-order valence-electron chi connectivity index (χ4n) is 1.39. The SMILES string of the molecule is COCCNCCN(C)c1cc(C)c(Br)cn1. The zero-order valence-electron chi connectivity index (χ0n) is 10.7. The maximum atomic E-state index is 4.97. The first-order valence-electron chi connectivity index (χ1n) is 5.68. The normalized spacial score (nSPS) is 10.6. The molecular weight excluding hydrogens is 282 g/mol. The summed E-state index contributed by atoms with van der Waals surface area (Å²) >= 11 is 3.45. The van der Waals surface area contributed by atoms with Crippen molar-refractivity contribution in [1.29, 1.82) is 0 Å². The van der Waals surface area contributed by atoms with Crippen LogP contribution in [0.5, 0.6) is 0 Å². The van der Waals surface area contributed by atoms with E-state index in [1.54, 1.807) is 7.11 Å². The van der Waals surface area contributed by atoms with Crippen molar-refractivity contribution in [3.05, 3.63) is 22.3 Å². The fraction of sp³-hybridized carbons (Fsp3) is 0.583. The molecule has 96 valence electrons. The topological polar surface area (TPSA) is 37.4 Å². The van der Waals surface area contributed by atoms with Crippen molar-refractivity contribution in [1.82, 2.24) is 10.3 Å². The minimum Gasteiger partial charge on any atom is -0.383 e. The monoisotopic (exact) mass is 301 g/mol. The van der Waals surface area contributed by atoms with Crippen LogP contribution in [0.1, 0.15) is 5.56 Å². The largest absolute Gasteiger partial charge is 0.383 e. The molecular formula is C12H20BrN3O. The molecule has 17 heavy (non-hydrogen) atoms. The van der Waals surface area contributed by atoms with Gasteiger partial charge in [-0.05, 0) is 34.5 Å². The predicted octanol–water partition coefficient (Wildman–Crippen LogP) is 1.82. The van der Waals surface area contributed by atoms with Crippen molar-refractivity contribution in [2.75, 3.05) is 45.3 Å². The van der Waals surface area contributed by atoms with Crippen LogP contribution in [-0.2, 0) is 4.74 Å². The molecule has 0 spiro atoms. The van der Waals surface area contributed by atoms with E-state index in [1.165, 1.54) is 5.56 Å². The molecule has 0 aliphatic rings. The zero-order valence-corrected chi connectivity index (χ0v) is 12.2. The van der Waals surface area contributed by atoms with E-state index < -0.39 is 0 Å². The van der Waals surface area contributed by atoms with E-state index in [2.05, 4.69) is 44.1 Å². The molecule has 0 aromatic carbocycles. The summed E-state index contributed by atoms with van der Waals surface area (Å²) in [5.41, 5.74) is 1.20. The summed E-state index contributed by atoms with van der Waals surface area (Å²) in [7, 11) is 3.76. The first-order valence-corrected chi connectivity index (χ1v) is 6.47. The number of aryl methyl sites for hydroxylation is 1. The number of likely N-dealkylation sites (N-methyl/N-ethyl adjacent to an activating group) is 1. The summed E-state index contributed by atoms with van der Waals surface area (Å²) in [6.45, 7) is 5.56. The number of methoxy groups -OCH3 is 1. The second kappa shape index (κ2) is 7.63. The molecule has 0 aliphatic heterocycles. The van der Waals surface area contributed by atoms with E-state index >= 15 is 0 Å². The molecule has 1 N–H and O–H groups in total. The standard InChI is InChI=1S/C12H20BrN3O/c1-10-8-12(15-9-11(10)13)16(2)6-4-14-5-7-17-3/h8-9,14H,4-7H2,1-3H3. The highest BCUT2D eigenvalue weighted by Gasteiger charge is 2.03. The summed E-state index contributed by atoms with van der Waals surface area (Å²) in [6, 6.07) is 2.08. The third-order valence-corrected chi connectivity index (χ3v) is 3.36. The summed E-state index contributed by atoms with van der Waals surface area (Å²) in [5.74, 6) is 0.999. The highest BCUT2D eigenvalue weighted by Crippen LogP contribution is 2.18. The number of hydrogen-bond donors (Lipinski definition) is 1. The third kappa shape index (κ3) is 5.02. The number of aromatic nitrogens is 1. The van der Waals surface area contributed by atoms with Gasteiger partial charge in [-0.25, -0.2) is 4.98 Å². The van der Waals surface area contributed by atoms with Crippen LogP contribution in [0.2, 0.25) is 0 Å². The van der Waals surface area contributed by atoms with Crippen LogP contribution in [0.25, 0.3) is 0 Å². The van der Waals surface area contributed by atoms with Gasteiger partial charge in [-0.15, -0.1) is 0 Å². The van der Waals surface area contributed by atoms with Crippen LogP contribution >= 0.6 is 15.9 Å². The molecule has 0 radical (unpaired) electrons. The van der Waals surface area contributed by atoms with Gasteiger partial charge < -0.3 is 15.0 Å². The van der Waals surface area contributed by atoms with E-state index in [0.29, 0.717) is 0 Å². The van der Waals surface area contributed by atoms with Gasteiger partial charge in [0.25, 0.3) is 0 Å². The first kappa shape index (κ1) is 14.4. The number of pyridine rings is 1. The van der Waals surface area contributed by atoms with Gasteiger partial charge >= 0.3 is 0 Å². The number of hydrogen-bond acceptors (Lipinski definition) is 4. The van der Waals surface area contributed by atoms with Crippen molar-refractivity contribution >= 4 is 21.7 Å². The molecule has 0 bridgehead atoms. The number of nitrogens with zero attached hydrogens (tertiary/aromatic N) is 2. The Balaban J connectivity index is 2.36. The maximum absolute atomic E-state index is 4.97. The molecule has 0 saturated carbocycles. The van der Waals surface area contributed by atoms with Gasteiger partial charge in [-0.3, -0.25) is 0 Å². The average molecular weight is 302 g/mol. The summed E-state index contributed by atoms with van der Waals surface area (Å²) in [4.78, 5) is 6.52. The van der Waals surface area contributed by atoms with Crippen molar-refractivity contribution in [2.45, 2.75) is 6.92 Å². The molecule has 1 aromatic rings. The van der Waals surface area contributed by atoms with Crippen LogP contribution in [0.15, 0.2) is 16.7 Å². The van der Waals surface area contributed by atoms with E-state index in [1.807, 2.05) is 13.2 Å². The molecule has 1 heterocycles. The number of halogens is 1. The fourth-order valence-corrected chi connectivity index (χ4v) is 1.61. The molecule has 1 rings (SSSR count). The van der Waals surface area contributed by atoms with E-state index in [9.17, 15) is 0 Å². The second-order valence-electron chi connectivity index (χ2n) is 3.96. The Labute approximate surface area is 111 Å². The number of anilines is 1. The highest BCUT2D eigenvalue weighted by atomic mass is 79.9. The van der Waals surface area contributed by atoms with Crippen LogP contribution in [0, 0.1) is 6.92 Å². The Morgan fingerprint density at radius 2 is 2.24 bits per heavy atom. The van der Waals surface area contributed by atoms with Crippen molar-refractivity contribution < 1.29 is 4.74 Å². The summed E-state index contributed by atoms with van der Waals surface area (Å²) < 4.78 is 6.02. The Morgan fingerprint density at radius 1 is 1.47 bits per heavy atom. The zero-order chi connectivity index (χ0) is 12.7. The van der Waals surface area contributed by atoms with Gasteiger partial charge in [0, 0.05) is 44.5 Å². The second-order valence-corrected chi connectivity index (χ2v) is 4.81. The van der Waals surface area contributed by atoms with Crippen molar-refractivity contribution in [2.24, 2.45) is 0 Å². The molecule has 5 heteroatoms. The molecule has 0 atom stereocenters. The smallest absolute Gasteiger partial charge is 0.128 e. The lowest BCUT2D eigenvalue weighted by Gasteiger charge is -2.19. The average Bonchev–Trinajstić information content (AvgIpc) is 2.32. The Morgan fingerprint density at radius 3 is 2.88 bits per heavy atom. The minimum absolute atomic E-state index is 0.749. The van der Waals surface area contributed by atoms with Gasteiger partial charge in [0.2, 0.25) is 0 Å². The summed E-state index contributed by atoms with van der Waals surface area (Å²) in [6.07, 6.45) is 1.85. The van der Waals surface area contributed by atoms with Crippen LogP contribution < -0.4 is 10.2 Å². The van der Waals surface area contributed by atoms with E-state index in [0.717, 1.165) is 36.5 Å². The maximum Gasteiger partial charge on any atom is 0.128 e. The van der Waals surface area contributed by atoms with Crippen LogP contribution in [0.4, 0.5) is 5.82 Å². The molecule has 4 nitrogen and oxygen atoms in total. The highest BCUT2D eigenvalue weighted by molar-refractivity contribution is 9.10. The van der Waals surface area contributed by atoms with E-state index in [4.69, 9.17) is 4.74 Å². The Bertz CT molecular complexity index is 347. The van der Waals surface area contributed by atoms with E-state index in [-0.39, 0.29) is 0 Å². The van der Waals surface area contributed by atoms with Gasteiger partial charge in [0.15, 0.2) is 0 Å². The molecule has 1 aromatic heterocycles. The minimum atomic E-state index is 0.749. The lowest BCUT2D eigenvalue weighted by Crippen LogP contribution is -2.31. The predicted molar refractivity (Wildman–Crippen MR) is 74.7 cm³/mol.